The van der Waals surface area contributed by atoms with Crippen LogP contribution in [0.4, 0.5) is 5.69 Å². The van der Waals surface area contributed by atoms with E-state index in [1.807, 2.05) is 24.3 Å². The molecule has 172 valence electrons. The first kappa shape index (κ1) is 22.1. The first-order valence-corrected chi connectivity index (χ1v) is 12.7. The zero-order valence-corrected chi connectivity index (χ0v) is 19.6. The van der Waals surface area contributed by atoms with Crippen LogP contribution in [0.3, 0.4) is 0 Å². The number of rotatable bonds is 4. The molecule has 2 aliphatic rings. The number of amides is 1. The molecule has 0 bridgehead atoms. The molecular formula is C23H23ClN4O4S. The summed E-state index contributed by atoms with van der Waals surface area (Å²) < 4.78 is 33.5. The van der Waals surface area contributed by atoms with Crippen molar-refractivity contribution in [2.24, 2.45) is 5.92 Å². The lowest BCUT2D eigenvalue weighted by Crippen LogP contribution is -2.46. The van der Waals surface area contributed by atoms with Gasteiger partial charge in [0.2, 0.25) is 27.6 Å². The zero-order valence-electron chi connectivity index (χ0n) is 18.1. The second-order valence-corrected chi connectivity index (χ2v) is 10.7. The fourth-order valence-corrected chi connectivity index (χ4v) is 6.57. The number of aromatic nitrogens is 2. The number of carbonyl (C=O) groups is 1. The Bertz CT molecular complexity index is 1320. The van der Waals surface area contributed by atoms with Crippen LogP contribution in [0.25, 0.3) is 11.4 Å². The van der Waals surface area contributed by atoms with Gasteiger partial charge in [0.15, 0.2) is 0 Å². The number of hydrogen-bond acceptors (Lipinski definition) is 6. The molecule has 0 N–H and O–H groups in total. The number of piperidine rings is 1. The topological polar surface area (TPSA) is 96.6 Å². The Morgan fingerprint density at radius 2 is 2.00 bits per heavy atom. The molecular weight excluding hydrogens is 464 g/mol. The molecule has 0 aliphatic carbocycles. The average molecular weight is 487 g/mol. The van der Waals surface area contributed by atoms with Crippen LogP contribution in [-0.4, -0.2) is 48.4 Å². The van der Waals surface area contributed by atoms with Crippen molar-refractivity contribution in [2.45, 2.75) is 31.1 Å². The highest BCUT2D eigenvalue weighted by Gasteiger charge is 2.37. The van der Waals surface area contributed by atoms with Crippen molar-refractivity contribution in [2.75, 3.05) is 24.5 Å². The molecule has 3 aromatic rings. The second kappa shape index (κ2) is 8.55. The SMILES string of the molecule is Cc1nc(-c2ccc(Cl)c(S(=O)(=O)N3CCCC(C(=O)N4CCc5ccccc54)C3)c2)no1. The number of carbonyl (C=O) groups excluding carboxylic acids is 1. The van der Waals surface area contributed by atoms with Crippen molar-refractivity contribution in [3.05, 3.63) is 58.9 Å². The third-order valence-electron chi connectivity index (χ3n) is 6.22. The Balaban J connectivity index is 1.40. The van der Waals surface area contributed by atoms with Crippen LogP contribution in [0.15, 0.2) is 51.9 Å². The Labute approximate surface area is 197 Å². The summed E-state index contributed by atoms with van der Waals surface area (Å²) in [4.78, 5) is 19.3. The van der Waals surface area contributed by atoms with E-state index in [1.165, 1.54) is 16.4 Å². The van der Waals surface area contributed by atoms with Gasteiger partial charge in [-0.2, -0.15) is 9.29 Å². The van der Waals surface area contributed by atoms with Gasteiger partial charge in [-0.15, -0.1) is 0 Å². The molecule has 1 saturated heterocycles. The Morgan fingerprint density at radius 3 is 2.79 bits per heavy atom. The summed E-state index contributed by atoms with van der Waals surface area (Å²) in [6, 6.07) is 12.5. The van der Waals surface area contributed by atoms with Gasteiger partial charge in [-0.1, -0.05) is 35.0 Å². The van der Waals surface area contributed by atoms with Gasteiger partial charge in [-0.05, 0) is 49.1 Å². The molecule has 2 aromatic carbocycles. The predicted octanol–water partition coefficient (Wildman–Crippen LogP) is 3.69. The van der Waals surface area contributed by atoms with Crippen LogP contribution in [0, 0.1) is 12.8 Å². The van der Waals surface area contributed by atoms with Gasteiger partial charge in [0.25, 0.3) is 0 Å². The van der Waals surface area contributed by atoms with Gasteiger partial charge in [0.1, 0.15) is 4.90 Å². The Kier molecular flexibility index (Phi) is 5.72. The van der Waals surface area contributed by atoms with Crippen LogP contribution in [0.2, 0.25) is 5.02 Å². The van der Waals surface area contributed by atoms with Gasteiger partial charge in [-0.25, -0.2) is 8.42 Å². The monoisotopic (exact) mass is 486 g/mol. The van der Waals surface area contributed by atoms with Crippen molar-refractivity contribution >= 4 is 33.2 Å². The van der Waals surface area contributed by atoms with Crippen molar-refractivity contribution < 1.29 is 17.7 Å². The summed E-state index contributed by atoms with van der Waals surface area (Å²) in [7, 11) is -3.92. The molecule has 1 amide bonds. The number of nitrogens with zero attached hydrogens (tertiary/aromatic N) is 4. The fraction of sp³-hybridized carbons (Fsp3) is 0.348. The van der Waals surface area contributed by atoms with E-state index in [4.69, 9.17) is 16.1 Å². The maximum Gasteiger partial charge on any atom is 0.244 e. The fourth-order valence-electron chi connectivity index (χ4n) is 4.55. The summed E-state index contributed by atoms with van der Waals surface area (Å²) in [6.45, 7) is 2.75. The predicted molar refractivity (Wildman–Crippen MR) is 123 cm³/mol. The summed E-state index contributed by atoms with van der Waals surface area (Å²) in [6.07, 6.45) is 2.07. The van der Waals surface area contributed by atoms with Crippen molar-refractivity contribution in [1.29, 1.82) is 0 Å². The normalized spacial score (nSPS) is 19.0. The summed E-state index contributed by atoms with van der Waals surface area (Å²) in [5.41, 5.74) is 2.56. The number of aryl methyl sites for hydroxylation is 1. The molecule has 3 heterocycles. The first-order chi connectivity index (χ1) is 15.8. The Morgan fingerprint density at radius 1 is 1.18 bits per heavy atom. The van der Waals surface area contributed by atoms with Crippen LogP contribution < -0.4 is 4.90 Å². The number of sulfonamides is 1. The molecule has 8 nitrogen and oxygen atoms in total. The van der Waals surface area contributed by atoms with Crippen LogP contribution >= 0.6 is 11.6 Å². The lowest BCUT2D eigenvalue weighted by molar-refractivity contribution is -0.123. The standard InChI is InChI=1S/C23H23ClN4O4S/c1-15-25-22(26-32-15)17-8-9-19(24)21(13-17)33(30,31)27-11-4-6-18(14-27)23(29)28-12-10-16-5-2-3-7-20(16)28/h2-3,5,7-9,13,18H,4,6,10-12,14H2,1H3. The number of para-hydroxylation sites is 1. The number of halogens is 1. The molecule has 2 aliphatic heterocycles. The zero-order chi connectivity index (χ0) is 23.2. The molecule has 1 aromatic heterocycles. The first-order valence-electron chi connectivity index (χ1n) is 10.8. The number of anilines is 1. The molecule has 10 heteroatoms. The second-order valence-electron chi connectivity index (χ2n) is 8.35. The highest BCUT2D eigenvalue weighted by atomic mass is 35.5. The molecule has 5 rings (SSSR count). The Hall–Kier alpha value is -2.75. The van der Waals surface area contributed by atoms with E-state index in [0.717, 1.165) is 17.7 Å². The van der Waals surface area contributed by atoms with Crippen LogP contribution in [0.1, 0.15) is 24.3 Å². The van der Waals surface area contributed by atoms with E-state index in [1.54, 1.807) is 17.9 Å². The minimum absolute atomic E-state index is 0.0243. The minimum atomic E-state index is -3.92. The minimum Gasteiger partial charge on any atom is -0.339 e. The quantitative estimate of drug-likeness (QED) is 0.558. The average Bonchev–Trinajstić information content (AvgIpc) is 3.45. The van der Waals surface area contributed by atoms with Crippen molar-refractivity contribution in [1.82, 2.24) is 14.4 Å². The van der Waals surface area contributed by atoms with E-state index < -0.39 is 15.9 Å². The summed E-state index contributed by atoms with van der Waals surface area (Å²) in [5, 5.41) is 3.97. The summed E-state index contributed by atoms with van der Waals surface area (Å²) in [5.74, 6) is 0.244. The van der Waals surface area contributed by atoms with E-state index in [2.05, 4.69) is 10.1 Å². The molecule has 0 saturated carbocycles. The van der Waals surface area contributed by atoms with Crippen molar-refractivity contribution in [3.8, 4) is 11.4 Å². The molecule has 1 fully saturated rings. The van der Waals surface area contributed by atoms with Gasteiger partial charge in [0.05, 0.1) is 10.9 Å². The van der Waals surface area contributed by atoms with E-state index >= 15 is 0 Å². The maximum atomic E-state index is 13.5. The number of fused-ring (bicyclic) bond motifs is 1. The largest absolute Gasteiger partial charge is 0.339 e. The highest BCUT2D eigenvalue weighted by Crippen LogP contribution is 2.34. The van der Waals surface area contributed by atoms with Crippen LogP contribution in [0.5, 0.6) is 0 Å². The van der Waals surface area contributed by atoms with Crippen LogP contribution in [-0.2, 0) is 21.2 Å². The van der Waals surface area contributed by atoms with Gasteiger partial charge in [-0.3, -0.25) is 4.79 Å². The van der Waals surface area contributed by atoms with E-state index in [-0.39, 0.29) is 22.4 Å². The third-order valence-corrected chi connectivity index (χ3v) is 8.57. The third kappa shape index (κ3) is 4.05. The molecule has 1 atom stereocenters. The molecule has 33 heavy (non-hydrogen) atoms. The van der Waals surface area contributed by atoms with E-state index in [0.29, 0.717) is 43.2 Å². The van der Waals surface area contributed by atoms with Crippen molar-refractivity contribution in [3.63, 3.8) is 0 Å². The molecule has 1 unspecified atom stereocenters. The highest BCUT2D eigenvalue weighted by molar-refractivity contribution is 7.89. The van der Waals surface area contributed by atoms with Gasteiger partial charge >= 0.3 is 0 Å². The summed E-state index contributed by atoms with van der Waals surface area (Å²) >= 11 is 6.31. The van der Waals surface area contributed by atoms with E-state index in [9.17, 15) is 13.2 Å². The smallest absolute Gasteiger partial charge is 0.244 e. The molecule has 0 radical (unpaired) electrons. The number of hydrogen-bond donors (Lipinski definition) is 0. The lowest BCUT2D eigenvalue weighted by atomic mass is 9.98. The van der Waals surface area contributed by atoms with Gasteiger partial charge < -0.3 is 9.42 Å². The molecule has 0 spiro atoms. The maximum absolute atomic E-state index is 13.5. The van der Waals surface area contributed by atoms with Gasteiger partial charge in [0, 0.05) is 37.8 Å². The number of benzene rings is 2. The lowest BCUT2D eigenvalue weighted by Gasteiger charge is -2.33.